The molecule has 1 amide bonds. The van der Waals surface area contributed by atoms with Gasteiger partial charge in [0.05, 0.1) is 27.9 Å². The van der Waals surface area contributed by atoms with Crippen LogP contribution in [0.15, 0.2) is 42.5 Å². The van der Waals surface area contributed by atoms with Gasteiger partial charge in [0.1, 0.15) is 5.75 Å². The van der Waals surface area contributed by atoms with E-state index in [9.17, 15) is 4.79 Å². The molecule has 6 nitrogen and oxygen atoms in total. The van der Waals surface area contributed by atoms with Crippen molar-refractivity contribution in [2.24, 2.45) is 0 Å². The zero-order valence-corrected chi connectivity index (χ0v) is 16.7. The second kappa shape index (κ2) is 9.46. The first kappa shape index (κ1) is 20.0. The lowest BCUT2D eigenvalue weighted by Gasteiger charge is -2.17. The number of carbonyl (C=O) groups excluding carboxylic acids is 1. The molecule has 6 heteroatoms. The molecule has 0 aliphatic carbocycles. The molecule has 2 aromatic carbocycles. The van der Waals surface area contributed by atoms with Crippen LogP contribution in [-0.4, -0.2) is 51.8 Å². The van der Waals surface area contributed by atoms with Crippen LogP contribution in [0, 0.1) is 0 Å². The van der Waals surface area contributed by atoms with Crippen LogP contribution in [0.5, 0.6) is 17.2 Å². The fourth-order valence-corrected chi connectivity index (χ4v) is 3.66. The molecule has 1 saturated heterocycles. The van der Waals surface area contributed by atoms with Crippen LogP contribution in [0.25, 0.3) is 0 Å². The summed E-state index contributed by atoms with van der Waals surface area (Å²) in [6.45, 7) is 2.63. The van der Waals surface area contributed by atoms with Crippen molar-refractivity contribution in [3.63, 3.8) is 0 Å². The minimum absolute atomic E-state index is 0.00514. The fourth-order valence-electron chi connectivity index (χ4n) is 3.66. The van der Waals surface area contributed by atoms with Gasteiger partial charge in [-0.1, -0.05) is 30.3 Å². The van der Waals surface area contributed by atoms with Gasteiger partial charge >= 0.3 is 0 Å². The van der Waals surface area contributed by atoms with Gasteiger partial charge < -0.3 is 19.5 Å². The lowest BCUT2D eigenvalue weighted by molar-refractivity contribution is -0.122. The van der Waals surface area contributed by atoms with E-state index in [1.807, 2.05) is 12.1 Å². The Bertz CT molecular complexity index is 795. The molecule has 0 aromatic heterocycles. The van der Waals surface area contributed by atoms with Gasteiger partial charge in [0, 0.05) is 24.7 Å². The number of carbonyl (C=O) groups is 1. The van der Waals surface area contributed by atoms with E-state index in [2.05, 4.69) is 34.5 Å². The number of benzene rings is 2. The SMILES string of the molecule is COc1cc(OC)c(OC)cc1CNC(=O)CN1CCC(c2ccccc2)C1. The highest BCUT2D eigenvalue weighted by Crippen LogP contribution is 2.34. The fraction of sp³-hybridized carbons (Fsp3) is 0.409. The van der Waals surface area contributed by atoms with Gasteiger partial charge in [-0.05, 0) is 30.5 Å². The summed E-state index contributed by atoms with van der Waals surface area (Å²) in [4.78, 5) is 14.7. The van der Waals surface area contributed by atoms with E-state index in [0.29, 0.717) is 36.3 Å². The molecule has 0 saturated carbocycles. The van der Waals surface area contributed by atoms with Crippen molar-refractivity contribution in [2.45, 2.75) is 18.9 Å². The zero-order valence-electron chi connectivity index (χ0n) is 16.7. The summed E-state index contributed by atoms with van der Waals surface area (Å²) in [6, 6.07) is 14.1. The Kier molecular flexibility index (Phi) is 6.76. The maximum Gasteiger partial charge on any atom is 0.234 e. The Morgan fingerprint density at radius 2 is 1.71 bits per heavy atom. The van der Waals surface area contributed by atoms with E-state index in [1.165, 1.54) is 5.56 Å². The average Bonchev–Trinajstić information content (AvgIpc) is 3.20. The molecule has 2 aromatic rings. The smallest absolute Gasteiger partial charge is 0.234 e. The van der Waals surface area contributed by atoms with Crippen LogP contribution in [0.2, 0.25) is 0 Å². The third kappa shape index (κ3) is 4.75. The third-order valence-electron chi connectivity index (χ3n) is 5.17. The monoisotopic (exact) mass is 384 g/mol. The van der Waals surface area contributed by atoms with E-state index in [1.54, 1.807) is 27.4 Å². The second-order valence-electron chi connectivity index (χ2n) is 6.93. The Morgan fingerprint density at radius 3 is 2.39 bits per heavy atom. The first-order valence-electron chi connectivity index (χ1n) is 9.47. The first-order chi connectivity index (χ1) is 13.6. The number of ether oxygens (including phenoxy) is 3. The number of rotatable bonds is 8. The summed E-state index contributed by atoms with van der Waals surface area (Å²) < 4.78 is 16.1. The summed E-state index contributed by atoms with van der Waals surface area (Å²) in [7, 11) is 4.77. The Morgan fingerprint density at radius 1 is 1.04 bits per heavy atom. The highest BCUT2D eigenvalue weighted by Gasteiger charge is 2.25. The van der Waals surface area contributed by atoms with Gasteiger partial charge in [0.25, 0.3) is 0 Å². The normalized spacial score (nSPS) is 16.6. The topological polar surface area (TPSA) is 60.0 Å². The van der Waals surface area contributed by atoms with E-state index in [0.717, 1.165) is 25.1 Å². The van der Waals surface area contributed by atoms with Gasteiger partial charge in [-0.2, -0.15) is 0 Å². The summed E-state index contributed by atoms with van der Waals surface area (Å²) in [5.41, 5.74) is 2.19. The number of hydrogen-bond acceptors (Lipinski definition) is 5. The van der Waals surface area contributed by atoms with Gasteiger partial charge in [-0.25, -0.2) is 0 Å². The molecule has 1 unspecified atom stereocenters. The van der Waals surface area contributed by atoms with Crippen LogP contribution in [0.1, 0.15) is 23.5 Å². The predicted octanol–water partition coefficient (Wildman–Crippen LogP) is 2.82. The Hall–Kier alpha value is -2.73. The van der Waals surface area contributed by atoms with Gasteiger partial charge in [-0.15, -0.1) is 0 Å². The molecule has 1 fully saturated rings. The molecular formula is C22H28N2O4. The lowest BCUT2D eigenvalue weighted by Crippen LogP contribution is -2.35. The standard InChI is InChI=1S/C22H28N2O4/c1-26-19-12-21(28-3)20(27-2)11-18(19)13-23-22(25)15-24-10-9-17(14-24)16-7-5-4-6-8-16/h4-8,11-12,17H,9-10,13-15H2,1-3H3,(H,23,25). The highest BCUT2D eigenvalue weighted by atomic mass is 16.5. The third-order valence-corrected chi connectivity index (χ3v) is 5.17. The first-order valence-corrected chi connectivity index (χ1v) is 9.47. The van der Waals surface area contributed by atoms with Gasteiger partial charge in [0.15, 0.2) is 11.5 Å². The number of methoxy groups -OCH3 is 3. The van der Waals surface area contributed by atoms with Crippen molar-refractivity contribution in [2.75, 3.05) is 41.0 Å². The van der Waals surface area contributed by atoms with Crippen LogP contribution in [0.3, 0.4) is 0 Å². The van der Waals surface area contributed by atoms with Crippen molar-refractivity contribution in [3.05, 3.63) is 53.6 Å². The minimum atomic E-state index is 0.00514. The van der Waals surface area contributed by atoms with E-state index in [-0.39, 0.29) is 5.91 Å². The molecular weight excluding hydrogens is 356 g/mol. The maximum atomic E-state index is 12.4. The largest absolute Gasteiger partial charge is 0.496 e. The summed E-state index contributed by atoms with van der Waals surface area (Å²) in [5.74, 6) is 2.37. The van der Waals surface area contributed by atoms with Crippen molar-refractivity contribution in [1.29, 1.82) is 0 Å². The van der Waals surface area contributed by atoms with Crippen LogP contribution in [-0.2, 0) is 11.3 Å². The second-order valence-corrected chi connectivity index (χ2v) is 6.93. The lowest BCUT2D eigenvalue weighted by atomic mass is 9.99. The van der Waals surface area contributed by atoms with E-state index < -0.39 is 0 Å². The quantitative estimate of drug-likeness (QED) is 0.758. The Balaban J connectivity index is 1.55. The summed E-state index contributed by atoms with van der Waals surface area (Å²) in [6.07, 6.45) is 1.08. The molecule has 1 atom stereocenters. The molecule has 0 bridgehead atoms. The molecule has 1 aliphatic rings. The van der Waals surface area contributed by atoms with Gasteiger partial charge in [0.2, 0.25) is 5.91 Å². The van der Waals surface area contributed by atoms with E-state index in [4.69, 9.17) is 14.2 Å². The molecule has 1 N–H and O–H groups in total. The minimum Gasteiger partial charge on any atom is -0.496 e. The van der Waals surface area contributed by atoms with Crippen LogP contribution >= 0.6 is 0 Å². The van der Waals surface area contributed by atoms with Gasteiger partial charge in [-0.3, -0.25) is 9.69 Å². The zero-order chi connectivity index (χ0) is 19.9. The molecule has 150 valence electrons. The van der Waals surface area contributed by atoms with Crippen LogP contribution in [0.4, 0.5) is 0 Å². The number of nitrogens with one attached hydrogen (secondary N) is 1. The molecule has 0 radical (unpaired) electrons. The number of likely N-dealkylation sites (tertiary alicyclic amines) is 1. The van der Waals surface area contributed by atoms with Crippen molar-refractivity contribution >= 4 is 5.91 Å². The van der Waals surface area contributed by atoms with Crippen molar-refractivity contribution in [3.8, 4) is 17.2 Å². The maximum absolute atomic E-state index is 12.4. The summed E-state index contributed by atoms with van der Waals surface area (Å²) in [5, 5.41) is 2.99. The summed E-state index contributed by atoms with van der Waals surface area (Å²) >= 11 is 0. The number of hydrogen-bond donors (Lipinski definition) is 1. The number of amides is 1. The van der Waals surface area contributed by atoms with E-state index >= 15 is 0 Å². The number of nitrogens with zero attached hydrogens (tertiary/aromatic N) is 1. The van der Waals surface area contributed by atoms with Crippen molar-refractivity contribution < 1.29 is 19.0 Å². The predicted molar refractivity (Wildman–Crippen MR) is 108 cm³/mol. The molecule has 28 heavy (non-hydrogen) atoms. The average molecular weight is 384 g/mol. The molecule has 3 rings (SSSR count). The van der Waals surface area contributed by atoms with Crippen molar-refractivity contribution in [1.82, 2.24) is 10.2 Å². The van der Waals surface area contributed by atoms with Crippen LogP contribution < -0.4 is 19.5 Å². The Labute approximate surface area is 166 Å². The molecule has 0 spiro atoms. The molecule has 1 heterocycles. The molecule has 1 aliphatic heterocycles. The highest BCUT2D eigenvalue weighted by molar-refractivity contribution is 5.78.